The van der Waals surface area contributed by atoms with Crippen LogP contribution in [0.4, 0.5) is 0 Å². The average molecular weight is 403 g/mol. The van der Waals surface area contributed by atoms with Gasteiger partial charge in [0.05, 0.1) is 12.6 Å². The highest BCUT2D eigenvalue weighted by atomic mass is 16.3. The molecule has 1 unspecified atom stereocenters. The molecule has 0 fully saturated rings. The highest BCUT2D eigenvalue weighted by Gasteiger charge is 2.16. The van der Waals surface area contributed by atoms with E-state index in [1.165, 1.54) is 0 Å². The fourth-order valence-electron chi connectivity index (χ4n) is 3.20. The van der Waals surface area contributed by atoms with Gasteiger partial charge in [0.2, 0.25) is 5.91 Å². The first-order chi connectivity index (χ1) is 14.6. The predicted octanol–water partition coefficient (Wildman–Crippen LogP) is 2.38. The van der Waals surface area contributed by atoms with E-state index in [1.54, 1.807) is 25.2 Å². The molecule has 1 heterocycles. The smallest absolute Gasteiger partial charge is 0.251 e. The van der Waals surface area contributed by atoms with E-state index in [-0.39, 0.29) is 18.4 Å². The lowest BCUT2D eigenvalue weighted by Gasteiger charge is -2.16. The second kappa shape index (κ2) is 10.3. The van der Waals surface area contributed by atoms with Crippen molar-refractivity contribution in [3.63, 3.8) is 0 Å². The summed E-state index contributed by atoms with van der Waals surface area (Å²) in [6.07, 6.45) is 3.22. The summed E-state index contributed by atoms with van der Waals surface area (Å²) < 4.78 is 0. The van der Waals surface area contributed by atoms with E-state index in [9.17, 15) is 14.7 Å². The van der Waals surface area contributed by atoms with Gasteiger partial charge < -0.3 is 20.7 Å². The SMILES string of the molecule is CNC(=O)CCC#Cc1cccc(C(=O)NC(CO)Cc2c[nH]c3ccccc23)c1. The van der Waals surface area contributed by atoms with Crippen LogP contribution in [0, 0.1) is 11.8 Å². The number of aliphatic hydroxyl groups is 1. The van der Waals surface area contributed by atoms with Gasteiger partial charge in [-0.05, 0) is 36.2 Å². The van der Waals surface area contributed by atoms with Crippen LogP contribution in [0.15, 0.2) is 54.7 Å². The van der Waals surface area contributed by atoms with Gasteiger partial charge in [-0.25, -0.2) is 0 Å². The van der Waals surface area contributed by atoms with E-state index in [2.05, 4.69) is 27.5 Å². The standard InChI is InChI=1S/C24H25N3O3/c1-25-23(29)12-5-2-7-17-8-6-9-18(13-17)24(30)27-20(16-28)14-19-15-26-22-11-4-3-10-21(19)22/h3-4,6,8-11,13,15,20,26,28H,5,12,14,16H2,1H3,(H,25,29)(H,27,30). The molecule has 0 saturated carbocycles. The van der Waals surface area contributed by atoms with E-state index in [0.717, 1.165) is 16.5 Å². The summed E-state index contributed by atoms with van der Waals surface area (Å²) in [7, 11) is 1.59. The molecule has 30 heavy (non-hydrogen) atoms. The summed E-state index contributed by atoms with van der Waals surface area (Å²) in [4.78, 5) is 27.1. The third kappa shape index (κ3) is 5.49. The molecule has 1 aromatic heterocycles. The topological polar surface area (TPSA) is 94.2 Å². The van der Waals surface area contributed by atoms with Crippen LogP contribution in [0.2, 0.25) is 0 Å². The molecule has 0 bridgehead atoms. The molecule has 0 radical (unpaired) electrons. The lowest BCUT2D eigenvalue weighted by molar-refractivity contribution is -0.120. The van der Waals surface area contributed by atoms with Crippen LogP contribution in [-0.2, 0) is 11.2 Å². The first-order valence-corrected chi connectivity index (χ1v) is 9.87. The Hall–Kier alpha value is -3.56. The molecule has 0 aliphatic heterocycles. The molecule has 3 rings (SSSR count). The highest BCUT2D eigenvalue weighted by Crippen LogP contribution is 2.19. The summed E-state index contributed by atoms with van der Waals surface area (Å²) >= 11 is 0. The Morgan fingerprint density at radius 2 is 2.00 bits per heavy atom. The van der Waals surface area contributed by atoms with E-state index >= 15 is 0 Å². The van der Waals surface area contributed by atoms with Crippen LogP contribution in [0.1, 0.15) is 34.3 Å². The molecule has 2 aromatic carbocycles. The number of hydrogen-bond donors (Lipinski definition) is 4. The molecule has 1 atom stereocenters. The number of aromatic nitrogens is 1. The van der Waals surface area contributed by atoms with E-state index < -0.39 is 6.04 Å². The second-order valence-electron chi connectivity index (χ2n) is 6.97. The zero-order valence-corrected chi connectivity index (χ0v) is 16.9. The molecule has 6 heteroatoms. The Bertz CT molecular complexity index is 1090. The summed E-state index contributed by atoms with van der Waals surface area (Å²) in [6, 6.07) is 14.5. The number of H-pyrrole nitrogens is 1. The normalized spacial score (nSPS) is 11.4. The number of nitrogens with one attached hydrogen (secondary N) is 3. The number of fused-ring (bicyclic) bond motifs is 1. The number of aromatic amines is 1. The van der Waals surface area contributed by atoms with Gasteiger partial charge in [0.15, 0.2) is 0 Å². The number of hydrogen-bond acceptors (Lipinski definition) is 3. The minimum Gasteiger partial charge on any atom is -0.394 e. The fraction of sp³-hybridized carbons (Fsp3) is 0.250. The molecule has 154 valence electrons. The van der Waals surface area contributed by atoms with Crippen molar-refractivity contribution in [2.45, 2.75) is 25.3 Å². The number of para-hydroxylation sites is 1. The Morgan fingerprint density at radius 3 is 2.80 bits per heavy atom. The quantitative estimate of drug-likeness (QED) is 0.456. The van der Waals surface area contributed by atoms with Gasteiger partial charge in [-0.2, -0.15) is 0 Å². The van der Waals surface area contributed by atoms with Gasteiger partial charge in [0.1, 0.15) is 0 Å². The zero-order chi connectivity index (χ0) is 21.3. The Balaban J connectivity index is 1.64. The first-order valence-electron chi connectivity index (χ1n) is 9.87. The van der Waals surface area contributed by atoms with Crippen LogP contribution in [0.3, 0.4) is 0 Å². The number of aliphatic hydroxyl groups excluding tert-OH is 1. The van der Waals surface area contributed by atoms with Crippen LogP contribution < -0.4 is 10.6 Å². The first kappa shape index (κ1) is 21.2. The number of amides is 2. The van der Waals surface area contributed by atoms with Crippen molar-refractivity contribution in [3.05, 3.63) is 71.4 Å². The van der Waals surface area contributed by atoms with Crippen LogP contribution in [-0.4, -0.2) is 41.6 Å². The van der Waals surface area contributed by atoms with Crippen LogP contribution in [0.25, 0.3) is 10.9 Å². The number of rotatable bonds is 7. The minimum atomic E-state index is -0.404. The molecule has 0 saturated heterocycles. The molecule has 6 nitrogen and oxygen atoms in total. The third-order valence-corrected chi connectivity index (χ3v) is 4.81. The Morgan fingerprint density at radius 1 is 1.17 bits per heavy atom. The molecular weight excluding hydrogens is 378 g/mol. The summed E-state index contributed by atoms with van der Waals surface area (Å²) in [5.74, 6) is 5.61. The molecule has 4 N–H and O–H groups in total. The number of carbonyl (C=O) groups is 2. The molecule has 0 spiro atoms. The minimum absolute atomic E-state index is 0.0531. The van der Waals surface area contributed by atoms with Gasteiger partial charge >= 0.3 is 0 Å². The van der Waals surface area contributed by atoms with E-state index in [1.807, 2.05) is 36.5 Å². The maximum atomic E-state index is 12.7. The Labute approximate surface area is 175 Å². The van der Waals surface area contributed by atoms with Crippen LogP contribution >= 0.6 is 0 Å². The summed E-state index contributed by atoms with van der Waals surface area (Å²) in [6.45, 7) is -0.162. The Kier molecular flexibility index (Phi) is 7.25. The summed E-state index contributed by atoms with van der Waals surface area (Å²) in [5, 5.41) is 16.3. The van der Waals surface area contributed by atoms with Gasteiger partial charge in [-0.1, -0.05) is 36.1 Å². The third-order valence-electron chi connectivity index (χ3n) is 4.81. The van der Waals surface area contributed by atoms with Gasteiger partial charge in [-0.15, -0.1) is 0 Å². The molecular formula is C24H25N3O3. The largest absolute Gasteiger partial charge is 0.394 e. The van der Waals surface area contributed by atoms with Crippen molar-refractivity contribution in [3.8, 4) is 11.8 Å². The number of carbonyl (C=O) groups excluding carboxylic acids is 2. The fourth-order valence-corrected chi connectivity index (χ4v) is 3.20. The van der Waals surface area contributed by atoms with Crippen molar-refractivity contribution in [2.24, 2.45) is 0 Å². The van der Waals surface area contributed by atoms with Crippen molar-refractivity contribution in [1.29, 1.82) is 0 Å². The lowest BCUT2D eigenvalue weighted by Crippen LogP contribution is -2.39. The van der Waals surface area contributed by atoms with Gasteiger partial charge in [0, 0.05) is 48.1 Å². The lowest BCUT2D eigenvalue weighted by atomic mass is 10.0. The van der Waals surface area contributed by atoms with Gasteiger partial charge in [-0.3, -0.25) is 9.59 Å². The molecule has 0 aliphatic rings. The summed E-state index contributed by atoms with van der Waals surface area (Å²) in [5.41, 5.74) is 3.25. The molecule has 0 aliphatic carbocycles. The number of benzene rings is 2. The second-order valence-corrected chi connectivity index (χ2v) is 6.97. The average Bonchev–Trinajstić information content (AvgIpc) is 3.19. The maximum absolute atomic E-state index is 12.7. The molecule has 3 aromatic rings. The van der Waals surface area contributed by atoms with Crippen molar-refractivity contribution in [1.82, 2.24) is 15.6 Å². The van der Waals surface area contributed by atoms with Gasteiger partial charge in [0.25, 0.3) is 5.91 Å². The maximum Gasteiger partial charge on any atom is 0.251 e. The monoisotopic (exact) mass is 403 g/mol. The van der Waals surface area contributed by atoms with Crippen molar-refractivity contribution < 1.29 is 14.7 Å². The van der Waals surface area contributed by atoms with E-state index in [0.29, 0.717) is 30.4 Å². The van der Waals surface area contributed by atoms with Crippen LogP contribution in [0.5, 0.6) is 0 Å². The predicted molar refractivity (Wildman–Crippen MR) is 117 cm³/mol. The van der Waals surface area contributed by atoms with E-state index in [4.69, 9.17) is 0 Å². The molecule has 2 amide bonds. The highest BCUT2D eigenvalue weighted by molar-refractivity contribution is 5.94. The van der Waals surface area contributed by atoms with Crippen molar-refractivity contribution >= 4 is 22.7 Å². The van der Waals surface area contributed by atoms with Crippen molar-refractivity contribution in [2.75, 3.05) is 13.7 Å². The zero-order valence-electron chi connectivity index (χ0n) is 16.9.